The first-order valence-electron chi connectivity index (χ1n) is 7.88. The van der Waals surface area contributed by atoms with Crippen LogP contribution in [0.1, 0.15) is 11.3 Å². The second-order valence-electron chi connectivity index (χ2n) is 5.91. The lowest BCUT2D eigenvalue weighted by molar-refractivity contribution is -0.118. The van der Waals surface area contributed by atoms with Crippen molar-refractivity contribution in [2.24, 2.45) is 0 Å². The largest absolute Gasteiger partial charge is 0.342 e. The minimum atomic E-state index is 0.690. The summed E-state index contributed by atoms with van der Waals surface area (Å²) in [6.07, 6.45) is 0.894. The van der Waals surface area contributed by atoms with Crippen LogP contribution in [0.15, 0.2) is 24.3 Å². The van der Waals surface area contributed by atoms with Gasteiger partial charge in [0.15, 0.2) is 0 Å². The molecule has 0 saturated carbocycles. The van der Waals surface area contributed by atoms with E-state index in [0.717, 1.165) is 42.3 Å². The van der Waals surface area contributed by atoms with Gasteiger partial charge in [-0.15, -0.1) is 0 Å². The SMILES string of the molecule is Cc1cc(Nc2ccc(Cl)cc2C)nc(N2CCN(C=O)CC2)n1. The number of rotatable bonds is 4. The van der Waals surface area contributed by atoms with Gasteiger partial charge in [0.1, 0.15) is 5.82 Å². The normalized spacial score (nSPS) is 14.6. The summed E-state index contributed by atoms with van der Waals surface area (Å²) in [5, 5.41) is 4.05. The first-order chi connectivity index (χ1) is 11.5. The van der Waals surface area contributed by atoms with Crippen LogP contribution in [-0.4, -0.2) is 47.5 Å². The number of piperazine rings is 1. The van der Waals surface area contributed by atoms with Crippen LogP contribution in [0.4, 0.5) is 17.5 Å². The molecule has 1 fully saturated rings. The Morgan fingerprint density at radius 3 is 2.54 bits per heavy atom. The van der Waals surface area contributed by atoms with Gasteiger partial charge >= 0.3 is 0 Å². The Kier molecular flexibility index (Phi) is 4.85. The summed E-state index contributed by atoms with van der Waals surface area (Å²) in [6.45, 7) is 6.82. The fourth-order valence-corrected chi connectivity index (χ4v) is 2.92. The van der Waals surface area contributed by atoms with Gasteiger partial charge < -0.3 is 15.1 Å². The zero-order valence-electron chi connectivity index (χ0n) is 13.8. The lowest BCUT2D eigenvalue weighted by Crippen LogP contribution is -2.46. The lowest BCUT2D eigenvalue weighted by Gasteiger charge is -2.32. The Bertz CT molecular complexity index is 744. The van der Waals surface area contributed by atoms with Gasteiger partial charge in [-0.05, 0) is 37.6 Å². The van der Waals surface area contributed by atoms with Crippen LogP contribution in [0.5, 0.6) is 0 Å². The van der Waals surface area contributed by atoms with Crippen LogP contribution in [0.2, 0.25) is 5.02 Å². The van der Waals surface area contributed by atoms with Gasteiger partial charge in [0, 0.05) is 48.6 Å². The molecule has 2 heterocycles. The maximum Gasteiger partial charge on any atom is 0.227 e. The van der Waals surface area contributed by atoms with E-state index < -0.39 is 0 Å². The van der Waals surface area contributed by atoms with E-state index in [4.69, 9.17) is 11.6 Å². The van der Waals surface area contributed by atoms with E-state index in [1.165, 1.54) is 0 Å². The van der Waals surface area contributed by atoms with Crippen LogP contribution >= 0.6 is 11.6 Å². The Balaban J connectivity index is 1.80. The Morgan fingerprint density at radius 2 is 1.88 bits per heavy atom. The zero-order chi connectivity index (χ0) is 17.1. The topological polar surface area (TPSA) is 61.4 Å². The molecular formula is C17H20ClN5O. The molecule has 2 aromatic rings. The van der Waals surface area contributed by atoms with Gasteiger partial charge in [-0.2, -0.15) is 4.98 Å². The van der Waals surface area contributed by atoms with Gasteiger partial charge in [0.25, 0.3) is 0 Å². The van der Waals surface area contributed by atoms with Crippen molar-refractivity contribution >= 4 is 35.5 Å². The van der Waals surface area contributed by atoms with E-state index in [9.17, 15) is 4.79 Å². The first-order valence-corrected chi connectivity index (χ1v) is 8.26. The van der Waals surface area contributed by atoms with E-state index in [2.05, 4.69) is 20.2 Å². The van der Waals surface area contributed by atoms with Crippen LogP contribution in [0, 0.1) is 13.8 Å². The van der Waals surface area contributed by atoms with Crippen LogP contribution in [0.3, 0.4) is 0 Å². The highest BCUT2D eigenvalue weighted by molar-refractivity contribution is 6.30. The standard InChI is InChI=1S/C17H20ClN5O/c1-12-9-14(18)3-4-15(12)20-16-10-13(2)19-17(21-16)23-7-5-22(11-24)6-8-23/h3-4,9-11H,5-8H2,1-2H3,(H,19,20,21). The number of aryl methyl sites for hydroxylation is 2. The number of amides is 1. The molecule has 0 radical (unpaired) electrons. The molecule has 0 aliphatic carbocycles. The summed E-state index contributed by atoms with van der Waals surface area (Å²) in [4.78, 5) is 23.9. The molecule has 1 aliphatic rings. The summed E-state index contributed by atoms with van der Waals surface area (Å²) >= 11 is 6.01. The maximum atomic E-state index is 10.8. The van der Waals surface area contributed by atoms with E-state index in [1.807, 2.05) is 38.1 Å². The number of benzene rings is 1. The third-order valence-electron chi connectivity index (χ3n) is 4.04. The van der Waals surface area contributed by atoms with Gasteiger partial charge in [-0.3, -0.25) is 4.79 Å². The van der Waals surface area contributed by atoms with E-state index in [0.29, 0.717) is 24.1 Å². The van der Waals surface area contributed by atoms with Gasteiger partial charge in [-0.1, -0.05) is 11.6 Å². The molecule has 6 nitrogen and oxygen atoms in total. The molecule has 1 N–H and O–H groups in total. The smallest absolute Gasteiger partial charge is 0.227 e. The number of hydrogen-bond donors (Lipinski definition) is 1. The first kappa shape index (κ1) is 16.5. The van der Waals surface area contributed by atoms with Crippen molar-refractivity contribution in [3.8, 4) is 0 Å². The average Bonchev–Trinajstić information content (AvgIpc) is 2.57. The molecule has 7 heteroatoms. The highest BCUT2D eigenvalue weighted by Crippen LogP contribution is 2.24. The Hall–Kier alpha value is -2.34. The Labute approximate surface area is 146 Å². The lowest BCUT2D eigenvalue weighted by atomic mass is 10.2. The third-order valence-corrected chi connectivity index (χ3v) is 4.27. The van der Waals surface area contributed by atoms with Crippen LogP contribution in [0.25, 0.3) is 0 Å². The van der Waals surface area contributed by atoms with Crippen LogP contribution < -0.4 is 10.2 Å². The quantitative estimate of drug-likeness (QED) is 0.863. The number of nitrogens with one attached hydrogen (secondary N) is 1. The van der Waals surface area contributed by atoms with Gasteiger partial charge in [0.2, 0.25) is 12.4 Å². The number of carbonyl (C=O) groups excluding carboxylic acids is 1. The molecule has 1 amide bonds. The summed E-state index contributed by atoms with van der Waals surface area (Å²) in [7, 11) is 0. The summed E-state index contributed by atoms with van der Waals surface area (Å²) in [5.41, 5.74) is 2.92. The highest BCUT2D eigenvalue weighted by Gasteiger charge is 2.18. The summed E-state index contributed by atoms with van der Waals surface area (Å²) < 4.78 is 0. The maximum absolute atomic E-state index is 10.8. The van der Waals surface area contributed by atoms with Crippen molar-refractivity contribution < 1.29 is 4.79 Å². The molecule has 1 aliphatic heterocycles. The number of aromatic nitrogens is 2. The predicted molar refractivity (Wildman–Crippen MR) is 96.1 cm³/mol. The predicted octanol–water partition coefficient (Wildman–Crippen LogP) is 2.77. The number of nitrogens with zero attached hydrogens (tertiary/aromatic N) is 4. The average molecular weight is 346 g/mol. The number of halogens is 1. The Morgan fingerprint density at radius 1 is 1.12 bits per heavy atom. The molecule has 0 atom stereocenters. The summed E-state index contributed by atoms with van der Waals surface area (Å²) in [5.74, 6) is 1.44. The highest BCUT2D eigenvalue weighted by atomic mass is 35.5. The minimum absolute atomic E-state index is 0.690. The van der Waals surface area contributed by atoms with Crippen LogP contribution in [-0.2, 0) is 4.79 Å². The van der Waals surface area contributed by atoms with Gasteiger partial charge in [-0.25, -0.2) is 4.98 Å². The number of carbonyl (C=O) groups is 1. The summed E-state index contributed by atoms with van der Waals surface area (Å²) in [6, 6.07) is 7.62. The van der Waals surface area contributed by atoms with Gasteiger partial charge in [0.05, 0.1) is 0 Å². The molecule has 0 unspecified atom stereocenters. The fourth-order valence-electron chi connectivity index (χ4n) is 2.69. The fraction of sp³-hybridized carbons (Fsp3) is 0.353. The van der Waals surface area contributed by atoms with E-state index >= 15 is 0 Å². The number of hydrogen-bond acceptors (Lipinski definition) is 5. The van der Waals surface area contributed by atoms with Crippen molar-refractivity contribution in [2.75, 3.05) is 36.4 Å². The third kappa shape index (κ3) is 3.76. The molecular weight excluding hydrogens is 326 g/mol. The monoisotopic (exact) mass is 345 g/mol. The minimum Gasteiger partial charge on any atom is -0.342 e. The zero-order valence-corrected chi connectivity index (χ0v) is 14.5. The molecule has 24 heavy (non-hydrogen) atoms. The molecule has 0 bridgehead atoms. The van der Waals surface area contributed by atoms with Crippen molar-refractivity contribution in [3.05, 3.63) is 40.5 Å². The molecule has 1 aromatic carbocycles. The molecule has 1 aromatic heterocycles. The van der Waals surface area contributed by atoms with E-state index in [-0.39, 0.29) is 0 Å². The molecule has 0 spiro atoms. The number of anilines is 3. The molecule has 1 saturated heterocycles. The molecule has 3 rings (SSSR count). The second kappa shape index (κ2) is 7.05. The van der Waals surface area contributed by atoms with Crippen molar-refractivity contribution in [3.63, 3.8) is 0 Å². The van der Waals surface area contributed by atoms with Crippen molar-refractivity contribution in [1.29, 1.82) is 0 Å². The van der Waals surface area contributed by atoms with Crippen molar-refractivity contribution in [1.82, 2.24) is 14.9 Å². The van der Waals surface area contributed by atoms with Crippen molar-refractivity contribution in [2.45, 2.75) is 13.8 Å². The van der Waals surface area contributed by atoms with E-state index in [1.54, 1.807) is 4.90 Å². The molecule has 126 valence electrons. The second-order valence-corrected chi connectivity index (χ2v) is 6.34.